The molecule has 0 aromatic heterocycles. The summed E-state index contributed by atoms with van der Waals surface area (Å²) in [5, 5.41) is 0. The van der Waals surface area contributed by atoms with Gasteiger partial charge in [0, 0.05) is 0 Å². The Morgan fingerprint density at radius 2 is 1.18 bits per heavy atom. The fraction of sp³-hybridized carbons (Fsp3) is 0.647. The van der Waals surface area contributed by atoms with E-state index >= 15 is 0 Å². The maximum atomic E-state index is 2.25. The second kappa shape index (κ2) is 13.3. The molecule has 0 aliphatic heterocycles. The molecule has 0 saturated carbocycles. The third-order valence-corrected chi connectivity index (χ3v) is 1.88. The summed E-state index contributed by atoms with van der Waals surface area (Å²) in [5.74, 6) is 0. The topological polar surface area (TPSA) is 0 Å². The van der Waals surface area contributed by atoms with Gasteiger partial charge in [0.25, 0.3) is 0 Å². The predicted octanol–water partition coefficient (Wildman–Crippen LogP) is 6.37. The number of hydrogen-bond acceptors (Lipinski definition) is 0. The first-order valence-electron chi connectivity index (χ1n) is 7.07. The van der Waals surface area contributed by atoms with Gasteiger partial charge >= 0.3 is 0 Å². The van der Waals surface area contributed by atoms with Gasteiger partial charge in [0.15, 0.2) is 0 Å². The predicted molar refractivity (Wildman–Crippen MR) is 83.9 cm³/mol. The van der Waals surface area contributed by atoms with Crippen LogP contribution in [0.5, 0.6) is 0 Å². The SMILES string of the molecule is CC.CC.CC.Cc1cccc(C(C)(C)C)c1. The molecule has 1 aromatic carbocycles. The number of benzene rings is 1. The maximum absolute atomic E-state index is 2.25. The summed E-state index contributed by atoms with van der Waals surface area (Å²) in [6.45, 7) is 20.8. The molecular formula is C17H34. The summed E-state index contributed by atoms with van der Waals surface area (Å²) in [4.78, 5) is 0. The van der Waals surface area contributed by atoms with Crippen LogP contribution in [0, 0.1) is 6.92 Å². The lowest BCUT2D eigenvalue weighted by atomic mass is 9.86. The minimum atomic E-state index is 0.284. The van der Waals surface area contributed by atoms with E-state index in [-0.39, 0.29) is 5.41 Å². The Morgan fingerprint density at radius 3 is 1.41 bits per heavy atom. The molecule has 1 rings (SSSR count). The van der Waals surface area contributed by atoms with Crippen molar-refractivity contribution in [3.05, 3.63) is 35.4 Å². The zero-order valence-electron chi connectivity index (χ0n) is 13.8. The van der Waals surface area contributed by atoms with Gasteiger partial charge in [-0.1, -0.05) is 92.1 Å². The zero-order chi connectivity index (χ0) is 14.5. The van der Waals surface area contributed by atoms with Crippen LogP contribution < -0.4 is 0 Å². The highest BCUT2D eigenvalue weighted by Gasteiger charge is 2.12. The van der Waals surface area contributed by atoms with Crippen LogP contribution in [0.4, 0.5) is 0 Å². The molecular weight excluding hydrogens is 204 g/mol. The van der Waals surface area contributed by atoms with E-state index < -0.39 is 0 Å². The lowest BCUT2D eigenvalue weighted by molar-refractivity contribution is 0.590. The van der Waals surface area contributed by atoms with Crippen LogP contribution in [0.25, 0.3) is 0 Å². The van der Waals surface area contributed by atoms with Crippen LogP contribution in [0.1, 0.15) is 73.4 Å². The van der Waals surface area contributed by atoms with Crippen molar-refractivity contribution in [2.24, 2.45) is 0 Å². The van der Waals surface area contributed by atoms with Gasteiger partial charge in [0.2, 0.25) is 0 Å². The first-order valence-corrected chi connectivity index (χ1v) is 7.07. The van der Waals surface area contributed by atoms with Gasteiger partial charge in [-0.3, -0.25) is 0 Å². The van der Waals surface area contributed by atoms with Gasteiger partial charge in [-0.15, -0.1) is 0 Å². The summed E-state index contributed by atoms with van der Waals surface area (Å²) < 4.78 is 0. The molecule has 0 radical (unpaired) electrons. The molecule has 1 aromatic rings. The zero-order valence-corrected chi connectivity index (χ0v) is 13.8. The second-order valence-electron chi connectivity index (χ2n) is 4.12. The van der Waals surface area contributed by atoms with Crippen molar-refractivity contribution in [3.8, 4) is 0 Å². The average Bonchev–Trinajstić information content (AvgIpc) is 2.36. The molecule has 0 nitrogen and oxygen atoms in total. The van der Waals surface area contributed by atoms with Gasteiger partial charge in [-0.05, 0) is 17.9 Å². The molecule has 0 saturated heterocycles. The van der Waals surface area contributed by atoms with Gasteiger partial charge < -0.3 is 0 Å². The van der Waals surface area contributed by atoms with Crippen LogP contribution in [0.15, 0.2) is 24.3 Å². The van der Waals surface area contributed by atoms with Crippen LogP contribution in [-0.4, -0.2) is 0 Å². The van der Waals surface area contributed by atoms with Gasteiger partial charge in [0.1, 0.15) is 0 Å². The normalized spacial score (nSPS) is 8.59. The third kappa shape index (κ3) is 11.5. The Morgan fingerprint density at radius 1 is 0.765 bits per heavy atom. The molecule has 0 atom stereocenters. The molecule has 17 heavy (non-hydrogen) atoms. The van der Waals surface area contributed by atoms with Crippen molar-refractivity contribution >= 4 is 0 Å². The maximum Gasteiger partial charge on any atom is -0.0132 e. The van der Waals surface area contributed by atoms with Crippen molar-refractivity contribution in [2.75, 3.05) is 0 Å². The highest BCUT2D eigenvalue weighted by Crippen LogP contribution is 2.22. The average molecular weight is 238 g/mol. The van der Waals surface area contributed by atoms with Gasteiger partial charge in [0.05, 0.1) is 0 Å². The summed E-state index contributed by atoms with van der Waals surface area (Å²) in [7, 11) is 0. The second-order valence-corrected chi connectivity index (χ2v) is 4.12. The third-order valence-electron chi connectivity index (χ3n) is 1.88. The van der Waals surface area contributed by atoms with Crippen LogP contribution in [0.2, 0.25) is 0 Å². The van der Waals surface area contributed by atoms with Gasteiger partial charge in [-0.2, -0.15) is 0 Å². The molecule has 0 spiro atoms. The number of aryl methyl sites for hydroxylation is 1. The molecule has 0 amide bonds. The summed E-state index contributed by atoms with van der Waals surface area (Å²) in [6.07, 6.45) is 0. The Hall–Kier alpha value is -0.780. The van der Waals surface area contributed by atoms with E-state index in [9.17, 15) is 0 Å². The summed E-state index contributed by atoms with van der Waals surface area (Å²) in [6, 6.07) is 8.69. The number of rotatable bonds is 0. The van der Waals surface area contributed by atoms with Crippen molar-refractivity contribution in [1.29, 1.82) is 0 Å². The van der Waals surface area contributed by atoms with E-state index in [4.69, 9.17) is 0 Å². The van der Waals surface area contributed by atoms with E-state index in [1.54, 1.807) is 0 Å². The van der Waals surface area contributed by atoms with Crippen molar-refractivity contribution in [3.63, 3.8) is 0 Å². The smallest absolute Gasteiger partial charge is 0.0132 e. The van der Waals surface area contributed by atoms with Crippen molar-refractivity contribution in [1.82, 2.24) is 0 Å². The molecule has 0 heterocycles. The molecule has 0 aliphatic rings. The fourth-order valence-corrected chi connectivity index (χ4v) is 1.11. The first kappa shape index (κ1) is 21.5. The Labute approximate surface area is 110 Å². The molecule has 0 fully saturated rings. The van der Waals surface area contributed by atoms with E-state index in [1.807, 2.05) is 41.5 Å². The molecule has 0 heteroatoms. The summed E-state index contributed by atoms with van der Waals surface area (Å²) >= 11 is 0. The van der Waals surface area contributed by atoms with Crippen molar-refractivity contribution in [2.45, 2.75) is 74.7 Å². The van der Waals surface area contributed by atoms with E-state index in [1.165, 1.54) is 11.1 Å². The van der Waals surface area contributed by atoms with Crippen LogP contribution in [-0.2, 0) is 5.41 Å². The van der Waals surface area contributed by atoms with E-state index in [0.717, 1.165) is 0 Å². The van der Waals surface area contributed by atoms with E-state index in [2.05, 4.69) is 52.0 Å². The van der Waals surface area contributed by atoms with Crippen molar-refractivity contribution < 1.29 is 0 Å². The van der Waals surface area contributed by atoms with Gasteiger partial charge in [-0.25, -0.2) is 0 Å². The van der Waals surface area contributed by atoms with Crippen LogP contribution >= 0.6 is 0 Å². The summed E-state index contributed by atoms with van der Waals surface area (Å²) in [5.41, 5.74) is 3.04. The quantitative estimate of drug-likeness (QED) is 0.492. The minimum absolute atomic E-state index is 0.284. The lowest BCUT2D eigenvalue weighted by Gasteiger charge is -2.19. The standard InChI is InChI=1S/C11H16.3C2H6/c1-9-6-5-7-10(8-9)11(2,3)4;3*1-2/h5-8H,1-4H3;3*1-2H3. The molecule has 0 N–H and O–H groups in total. The highest BCUT2D eigenvalue weighted by molar-refractivity contribution is 5.27. The lowest BCUT2D eigenvalue weighted by Crippen LogP contribution is -2.10. The molecule has 0 unspecified atom stereocenters. The Kier molecular flexibility index (Phi) is 16.8. The number of hydrogen-bond donors (Lipinski definition) is 0. The highest BCUT2D eigenvalue weighted by atomic mass is 14.2. The molecule has 0 bridgehead atoms. The Bertz CT molecular complexity index is 240. The largest absolute Gasteiger partial charge is 0.0683 e. The molecule has 0 aliphatic carbocycles. The molecule has 102 valence electrons. The van der Waals surface area contributed by atoms with E-state index in [0.29, 0.717) is 0 Å². The minimum Gasteiger partial charge on any atom is -0.0683 e. The first-order chi connectivity index (χ1) is 8.00. The Balaban J connectivity index is -0.000000285. The van der Waals surface area contributed by atoms with Crippen LogP contribution in [0.3, 0.4) is 0 Å². The monoisotopic (exact) mass is 238 g/mol. The fourth-order valence-electron chi connectivity index (χ4n) is 1.11.